The van der Waals surface area contributed by atoms with Crippen LogP contribution in [-0.4, -0.2) is 39.6 Å². The summed E-state index contributed by atoms with van der Waals surface area (Å²) >= 11 is 0. The van der Waals surface area contributed by atoms with Crippen molar-refractivity contribution in [3.05, 3.63) is 29.0 Å². The minimum absolute atomic E-state index is 0.0115. The molecule has 0 atom stereocenters. The van der Waals surface area contributed by atoms with Gasteiger partial charge in [0.1, 0.15) is 0 Å². The van der Waals surface area contributed by atoms with Gasteiger partial charge in [-0.05, 0) is 56.9 Å². The molecule has 0 radical (unpaired) electrons. The van der Waals surface area contributed by atoms with Crippen LogP contribution in [0.3, 0.4) is 0 Å². The molecule has 4 rings (SSSR count). The van der Waals surface area contributed by atoms with E-state index in [2.05, 4.69) is 68.6 Å². The number of benzene rings is 1. The molecule has 3 heterocycles. The van der Waals surface area contributed by atoms with Gasteiger partial charge in [-0.1, -0.05) is 25.9 Å². The number of fused-ring (bicyclic) bond motifs is 2. The zero-order chi connectivity index (χ0) is 18.7. The molecule has 0 N–H and O–H groups in total. The monoisotopic (exact) mass is 355 g/mol. The highest BCUT2D eigenvalue weighted by Crippen LogP contribution is 2.36. The maximum Gasteiger partial charge on any atom is 0.167 e. The van der Waals surface area contributed by atoms with Crippen LogP contribution in [0, 0.1) is 0 Å². The Kier molecular flexibility index (Phi) is 4.20. The highest BCUT2D eigenvalue weighted by molar-refractivity contribution is 5.82. The average molecular weight is 356 g/mol. The molecule has 142 valence electrons. The van der Waals surface area contributed by atoms with E-state index in [1.165, 1.54) is 42.4 Å². The fourth-order valence-electron chi connectivity index (χ4n) is 4.56. The lowest BCUT2D eigenvalue weighted by atomic mass is 9.89. The van der Waals surface area contributed by atoms with Crippen molar-refractivity contribution in [2.75, 3.05) is 13.1 Å². The third-order valence-corrected chi connectivity index (χ3v) is 6.18. The summed E-state index contributed by atoms with van der Waals surface area (Å²) < 4.78 is 5.66. The van der Waals surface area contributed by atoms with Crippen molar-refractivity contribution in [2.45, 2.75) is 84.5 Å². The molecule has 0 bridgehead atoms. The van der Waals surface area contributed by atoms with Gasteiger partial charge in [0, 0.05) is 48.6 Å². The van der Waals surface area contributed by atoms with Crippen molar-refractivity contribution < 1.29 is 4.52 Å². The highest BCUT2D eigenvalue weighted by Gasteiger charge is 2.33. The first kappa shape index (κ1) is 18.0. The molecular formula is C22H33N3O. The quantitative estimate of drug-likeness (QED) is 0.742. The number of rotatable bonds is 1. The number of aromatic nitrogens is 1. The molecule has 4 heteroatoms. The van der Waals surface area contributed by atoms with Crippen LogP contribution in [0.15, 0.2) is 16.7 Å². The number of hydrogen-bond donors (Lipinski definition) is 0. The molecule has 0 aliphatic carbocycles. The summed E-state index contributed by atoms with van der Waals surface area (Å²) in [4.78, 5) is 5.30. The topological polar surface area (TPSA) is 32.5 Å². The summed E-state index contributed by atoms with van der Waals surface area (Å²) in [5, 5.41) is 5.55. The van der Waals surface area contributed by atoms with Gasteiger partial charge in [-0.15, -0.1) is 0 Å². The molecule has 1 fully saturated rings. The maximum absolute atomic E-state index is 5.66. The van der Waals surface area contributed by atoms with Gasteiger partial charge in [0.2, 0.25) is 0 Å². The summed E-state index contributed by atoms with van der Waals surface area (Å²) in [5.41, 5.74) is 5.21. The zero-order valence-corrected chi connectivity index (χ0v) is 17.2. The maximum atomic E-state index is 5.66. The molecule has 2 aliphatic rings. The third-order valence-electron chi connectivity index (χ3n) is 6.18. The van der Waals surface area contributed by atoms with Crippen LogP contribution in [0.25, 0.3) is 11.0 Å². The standard InChI is InChI=1S/C22H33N3O/c1-21(2,3)20-18-11-15-13-24(14-16(15)12-19(18)26-23-20)17-7-9-25(10-8-17)22(4,5)6/h11-12,17H,7-10,13-14H2,1-6H3. The van der Waals surface area contributed by atoms with Crippen LogP contribution in [0.2, 0.25) is 0 Å². The molecule has 0 amide bonds. The smallest absolute Gasteiger partial charge is 0.167 e. The minimum Gasteiger partial charge on any atom is -0.356 e. The van der Waals surface area contributed by atoms with Crippen LogP contribution < -0.4 is 0 Å². The second-order valence-electron chi connectivity index (χ2n) is 10.2. The van der Waals surface area contributed by atoms with E-state index in [0.717, 1.165) is 24.4 Å². The van der Waals surface area contributed by atoms with Gasteiger partial charge in [0.25, 0.3) is 0 Å². The lowest BCUT2D eigenvalue weighted by molar-refractivity contribution is 0.0551. The lowest BCUT2D eigenvalue weighted by Gasteiger charge is -2.43. The van der Waals surface area contributed by atoms with Gasteiger partial charge in [-0.2, -0.15) is 0 Å². The molecule has 1 aromatic heterocycles. The SMILES string of the molecule is CC(C)(C)c1noc2cc3c(cc12)CN(C1CCN(C(C)(C)C)CC1)C3. The van der Waals surface area contributed by atoms with Crippen molar-refractivity contribution in [3.8, 4) is 0 Å². The lowest BCUT2D eigenvalue weighted by Crippen LogP contribution is -2.50. The second kappa shape index (κ2) is 6.07. The van der Waals surface area contributed by atoms with Gasteiger partial charge in [-0.25, -0.2) is 0 Å². The van der Waals surface area contributed by atoms with Crippen molar-refractivity contribution in [2.24, 2.45) is 0 Å². The van der Waals surface area contributed by atoms with Crippen LogP contribution >= 0.6 is 0 Å². The van der Waals surface area contributed by atoms with Crippen LogP contribution in [-0.2, 0) is 18.5 Å². The van der Waals surface area contributed by atoms with Gasteiger partial charge in [0.15, 0.2) is 5.58 Å². The molecule has 0 unspecified atom stereocenters. The van der Waals surface area contributed by atoms with E-state index >= 15 is 0 Å². The van der Waals surface area contributed by atoms with Crippen molar-refractivity contribution >= 4 is 11.0 Å². The third kappa shape index (κ3) is 3.18. The molecule has 1 saturated heterocycles. The van der Waals surface area contributed by atoms with Crippen molar-refractivity contribution in [1.82, 2.24) is 15.0 Å². The fraction of sp³-hybridized carbons (Fsp3) is 0.682. The van der Waals surface area contributed by atoms with Gasteiger partial charge < -0.3 is 4.52 Å². The Morgan fingerprint density at radius 2 is 1.58 bits per heavy atom. The zero-order valence-electron chi connectivity index (χ0n) is 17.2. The first-order valence-corrected chi connectivity index (χ1v) is 10.0. The van der Waals surface area contributed by atoms with E-state index < -0.39 is 0 Å². The van der Waals surface area contributed by atoms with E-state index in [0.29, 0.717) is 11.6 Å². The minimum atomic E-state index is 0.0115. The predicted octanol–water partition coefficient (Wildman–Crippen LogP) is 4.70. The highest BCUT2D eigenvalue weighted by atomic mass is 16.5. The Morgan fingerprint density at radius 3 is 2.15 bits per heavy atom. The summed E-state index contributed by atoms with van der Waals surface area (Å²) in [5.74, 6) is 0. The molecule has 1 aromatic carbocycles. The fourth-order valence-corrected chi connectivity index (χ4v) is 4.56. The average Bonchev–Trinajstić information content (AvgIpc) is 3.14. The van der Waals surface area contributed by atoms with Gasteiger partial charge >= 0.3 is 0 Å². The van der Waals surface area contributed by atoms with Crippen molar-refractivity contribution in [1.29, 1.82) is 0 Å². The molecule has 26 heavy (non-hydrogen) atoms. The van der Waals surface area contributed by atoms with E-state index in [9.17, 15) is 0 Å². The molecule has 0 spiro atoms. The van der Waals surface area contributed by atoms with E-state index in [4.69, 9.17) is 4.52 Å². The number of nitrogens with zero attached hydrogens (tertiary/aromatic N) is 3. The van der Waals surface area contributed by atoms with Gasteiger partial charge in [-0.3, -0.25) is 9.80 Å². The number of hydrogen-bond acceptors (Lipinski definition) is 4. The summed E-state index contributed by atoms with van der Waals surface area (Å²) in [6, 6.07) is 5.27. The van der Waals surface area contributed by atoms with Crippen LogP contribution in [0.5, 0.6) is 0 Å². The largest absolute Gasteiger partial charge is 0.356 e. The molecule has 4 nitrogen and oxygen atoms in total. The van der Waals surface area contributed by atoms with Crippen LogP contribution in [0.4, 0.5) is 0 Å². The van der Waals surface area contributed by atoms with Gasteiger partial charge in [0.05, 0.1) is 5.69 Å². The Morgan fingerprint density at radius 1 is 0.962 bits per heavy atom. The Bertz CT molecular complexity index is 801. The van der Waals surface area contributed by atoms with E-state index in [1.807, 2.05) is 0 Å². The predicted molar refractivity (Wildman–Crippen MR) is 106 cm³/mol. The molecular weight excluding hydrogens is 322 g/mol. The Hall–Kier alpha value is -1.39. The summed E-state index contributed by atoms with van der Waals surface area (Å²) in [6.45, 7) is 18.1. The molecule has 2 aliphatic heterocycles. The molecule has 2 aromatic rings. The first-order valence-electron chi connectivity index (χ1n) is 10.0. The Labute approximate surface area is 157 Å². The summed E-state index contributed by atoms with van der Waals surface area (Å²) in [6.07, 6.45) is 2.55. The van der Waals surface area contributed by atoms with E-state index in [-0.39, 0.29) is 5.41 Å². The number of piperidine rings is 1. The van der Waals surface area contributed by atoms with E-state index in [1.54, 1.807) is 0 Å². The molecule has 0 saturated carbocycles. The summed E-state index contributed by atoms with van der Waals surface area (Å²) in [7, 11) is 0. The van der Waals surface area contributed by atoms with Crippen LogP contribution in [0.1, 0.15) is 71.2 Å². The first-order chi connectivity index (χ1) is 12.1. The number of likely N-dealkylation sites (tertiary alicyclic amines) is 1. The second-order valence-corrected chi connectivity index (χ2v) is 10.2. The normalized spacial score (nSPS) is 20.8. The van der Waals surface area contributed by atoms with Crippen molar-refractivity contribution in [3.63, 3.8) is 0 Å². The Balaban J connectivity index is 1.51.